The summed E-state index contributed by atoms with van der Waals surface area (Å²) < 4.78 is 0. The molecule has 6 heteroatoms. The minimum Gasteiger partial charge on any atom is -0.363 e. The monoisotopic (exact) mass is 412 g/mol. The van der Waals surface area contributed by atoms with E-state index in [0.717, 1.165) is 57.0 Å². The molecule has 0 spiro atoms. The average molecular weight is 413 g/mol. The number of nitrogens with zero attached hydrogens (tertiary/aromatic N) is 4. The number of likely N-dealkylation sites (tertiary alicyclic amines) is 2. The van der Waals surface area contributed by atoms with Crippen LogP contribution in [-0.4, -0.2) is 59.0 Å². The summed E-state index contributed by atoms with van der Waals surface area (Å²) in [5, 5.41) is 3.33. The number of carbonyl (C=O) groups is 1. The Hall–Kier alpha value is -1.92. The number of amides is 1. The standard InChI is InChI=1S/C23H32N4OS/c1-19-24-20(17-29-19)16-27(21-6-4-3-5-7-21)22-8-12-26(13-9-22)23(2)10-14-25(18-28)15-11-23/h3-7,17-18,22H,8-16H2,1-2H3. The summed E-state index contributed by atoms with van der Waals surface area (Å²) in [6, 6.07) is 11.3. The number of para-hydroxylation sites is 1. The van der Waals surface area contributed by atoms with Crippen LogP contribution in [0.25, 0.3) is 0 Å². The third-order valence-electron chi connectivity index (χ3n) is 6.78. The van der Waals surface area contributed by atoms with Crippen molar-refractivity contribution in [2.24, 2.45) is 0 Å². The zero-order valence-electron chi connectivity index (χ0n) is 17.6. The van der Waals surface area contributed by atoms with Gasteiger partial charge in [0.05, 0.1) is 17.2 Å². The number of anilines is 1. The second-order valence-electron chi connectivity index (χ2n) is 8.68. The first-order chi connectivity index (χ1) is 14.1. The molecular weight excluding hydrogens is 380 g/mol. The molecule has 0 atom stereocenters. The van der Waals surface area contributed by atoms with E-state index >= 15 is 0 Å². The summed E-state index contributed by atoms with van der Waals surface area (Å²) in [6.45, 7) is 9.38. The number of hydrogen-bond acceptors (Lipinski definition) is 5. The Kier molecular flexibility index (Phi) is 6.20. The van der Waals surface area contributed by atoms with Crippen LogP contribution in [0.4, 0.5) is 5.69 Å². The van der Waals surface area contributed by atoms with E-state index in [1.807, 2.05) is 4.90 Å². The first-order valence-corrected chi connectivity index (χ1v) is 11.6. The molecule has 0 bridgehead atoms. The average Bonchev–Trinajstić information content (AvgIpc) is 3.18. The maximum absolute atomic E-state index is 11.1. The fraction of sp³-hybridized carbons (Fsp3) is 0.565. The Morgan fingerprint density at radius 3 is 2.45 bits per heavy atom. The van der Waals surface area contributed by atoms with Crippen LogP contribution in [0.1, 0.15) is 43.3 Å². The van der Waals surface area contributed by atoms with Gasteiger partial charge in [-0.3, -0.25) is 9.69 Å². The minimum absolute atomic E-state index is 0.230. The Morgan fingerprint density at radius 1 is 1.17 bits per heavy atom. The van der Waals surface area contributed by atoms with Crippen LogP contribution in [0, 0.1) is 6.92 Å². The molecule has 0 unspecified atom stereocenters. The molecule has 0 saturated carbocycles. The zero-order valence-corrected chi connectivity index (χ0v) is 18.4. The van der Waals surface area contributed by atoms with Crippen molar-refractivity contribution in [3.05, 3.63) is 46.4 Å². The topological polar surface area (TPSA) is 39.7 Å². The number of thiazole rings is 1. The van der Waals surface area contributed by atoms with Crippen molar-refractivity contribution in [1.29, 1.82) is 0 Å². The summed E-state index contributed by atoms with van der Waals surface area (Å²) in [7, 11) is 0. The lowest BCUT2D eigenvalue weighted by Crippen LogP contribution is -2.57. The molecule has 1 amide bonds. The summed E-state index contributed by atoms with van der Waals surface area (Å²) in [5.74, 6) is 0. The number of aryl methyl sites for hydroxylation is 1. The number of aromatic nitrogens is 1. The van der Waals surface area contributed by atoms with Crippen LogP contribution >= 0.6 is 11.3 Å². The van der Waals surface area contributed by atoms with E-state index in [-0.39, 0.29) is 5.54 Å². The fourth-order valence-corrected chi connectivity index (χ4v) is 5.45. The normalized spacial score (nSPS) is 20.6. The zero-order chi connectivity index (χ0) is 20.3. The van der Waals surface area contributed by atoms with E-state index in [4.69, 9.17) is 4.98 Å². The Bertz CT molecular complexity index is 792. The molecule has 2 aliphatic heterocycles. The van der Waals surface area contributed by atoms with Crippen LogP contribution in [0.15, 0.2) is 35.7 Å². The van der Waals surface area contributed by atoms with Gasteiger partial charge in [0.25, 0.3) is 0 Å². The first kappa shape index (κ1) is 20.4. The molecule has 29 heavy (non-hydrogen) atoms. The molecule has 2 aromatic rings. The number of piperidine rings is 2. The van der Waals surface area contributed by atoms with Gasteiger partial charge in [-0.2, -0.15) is 0 Å². The van der Waals surface area contributed by atoms with Gasteiger partial charge >= 0.3 is 0 Å². The molecule has 1 aromatic heterocycles. The molecule has 2 fully saturated rings. The highest BCUT2D eigenvalue weighted by Crippen LogP contribution is 2.33. The molecule has 0 aliphatic carbocycles. The molecule has 156 valence electrons. The Labute approximate surface area is 178 Å². The Balaban J connectivity index is 1.43. The van der Waals surface area contributed by atoms with Gasteiger partial charge in [-0.1, -0.05) is 18.2 Å². The maximum atomic E-state index is 11.1. The summed E-state index contributed by atoms with van der Waals surface area (Å²) >= 11 is 1.73. The van der Waals surface area contributed by atoms with Gasteiger partial charge in [0.1, 0.15) is 0 Å². The molecule has 4 rings (SSSR count). The number of hydrogen-bond donors (Lipinski definition) is 0. The molecule has 0 radical (unpaired) electrons. The molecule has 0 N–H and O–H groups in total. The second kappa shape index (κ2) is 8.84. The van der Waals surface area contributed by atoms with E-state index in [9.17, 15) is 4.79 Å². The lowest BCUT2D eigenvalue weighted by atomic mass is 9.85. The maximum Gasteiger partial charge on any atom is 0.209 e. The van der Waals surface area contributed by atoms with Crippen molar-refractivity contribution in [2.75, 3.05) is 31.1 Å². The summed E-state index contributed by atoms with van der Waals surface area (Å²) in [4.78, 5) is 22.9. The number of benzene rings is 1. The lowest BCUT2D eigenvalue weighted by molar-refractivity contribution is -0.120. The van der Waals surface area contributed by atoms with Crippen LogP contribution in [0.3, 0.4) is 0 Å². The van der Waals surface area contributed by atoms with Gasteiger partial charge in [0.2, 0.25) is 6.41 Å². The van der Waals surface area contributed by atoms with Crippen LogP contribution < -0.4 is 4.90 Å². The van der Waals surface area contributed by atoms with Crippen molar-refractivity contribution in [2.45, 2.75) is 57.7 Å². The second-order valence-corrected chi connectivity index (χ2v) is 9.74. The lowest BCUT2D eigenvalue weighted by Gasteiger charge is -2.50. The highest BCUT2D eigenvalue weighted by atomic mass is 32.1. The van der Waals surface area contributed by atoms with Crippen molar-refractivity contribution in [3.8, 4) is 0 Å². The fourth-order valence-electron chi connectivity index (χ4n) is 4.85. The van der Waals surface area contributed by atoms with Gasteiger partial charge in [-0.25, -0.2) is 4.98 Å². The third kappa shape index (κ3) is 4.64. The highest BCUT2D eigenvalue weighted by molar-refractivity contribution is 7.09. The van der Waals surface area contributed by atoms with Crippen LogP contribution in [0.5, 0.6) is 0 Å². The number of carbonyl (C=O) groups excluding carboxylic acids is 1. The van der Waals surface area contributed by atoms with E-state index in [1.54, 1.807) is 11.3 Å². The Morgan fingerprint density at radius 2 is 1.86 bits per heavy atom. The SMILES string of the molecule is Cc1nc(CN(c2ccccc2)C2CCN(C3(C)CCN(C=O)CC3)CC2)cs1. The van der Waals surface area contributed by atoms with Gasteiger partial charge in [-0.05, 0) is 51.7 Å². The van der Waals surface area contributed by atoms with Crippen molar-refractivity contribution >= 4 is 23.4 Å². The quantitative estimate of drug-likeness (QED) is 0.674. The van der Waals surface area contributed by atoms with Gasteiger partial charge < -0.3 is 9.80 Å². The molecule has 2 saturated heterocycles. The molecule has 3 heterocycles. The predicted molar refractivity (Wildman–Crippen MR) is 119 cm³/mol. The van der Waals surface area contributed by atoms with Gasteiger partial charge in [-0.15, -0.1) is 11.3 Å². The third-order valence-corrected chi connectivity index (χ3v) is 7.60. The van der Waals surface area contributed by atoms with E-state index in [2.05, 4.69) is 59.4 Å². The van der Waals surface area contributed by atoms with E-state index < -0.39 is 0 Å². The van der Waals surface area contributed by atoms with Crippen LogP contribution in [-0.2, 0) is 11.3 Å². The largest absolute Gasteiger partial charge is 0.363 e. The minimum atomic E-state index is 0.230. The highest BCUT2D eigenvalue weighted by Gasteiger charge is 2.38. The molecule has 2 aliphatic rings. The molecule has 5 nitrogen and oxygen atoms in total. The molecule has 1 aromatic carbocycles. The summed E-state index contributed by atoms with van der Waals surface area (Å²) in [6.07, 6.45) is 5.51. The van der Waals surface area contributed by atoms with Crippen molar-refractivity contribution in [1.82, 2.24) is 14.8 Å². The van der Waals surface area contributed by atoms with E-state index in [1.165, 1.54) is 24.2 Å². The molecular formula is C23H32N4OS. The van der Waals surface area contributed by atoms with Gasteiger partial charge in [0.15, 0.2) is 0 Å². The summed E-state index contributed by atoms with van der Waals surface area (Å²) in [5.41, 5.74) is 2.70. The first-order valence-electron chi connectivity index (χ1n) is 10.7. The van der Waals surface area contributed by atoms with E-state index in [0.29, 0.717) is 6.04 Å². The van der Waals surface area contributed by atoms with Crippen molar-refractivity contribution < 1.29 is 4.79 Å². The van der Waals surface area contributed by atoms with Gasteiger partial charge in [0, 0.05) is 48.8 Å². The van der Waals surface area contributed by atoms with Crippen molar-refractivity contribution in [3.63, 3.8) is 0 Å². The smallest absolute Gasteiger partial charge is 0.209 e. The number of rotatable bonds is 6. The van der Waals surface area contributed by atoms with Crippen LogP contribution in [0.2, 0.25) is 0 Å². The predicted octanol–water partition coefficient (Wildman–Crippen LogP) is 3.93.